The van der Waals surface area contributed by atoms with Crippen LogP contribution < -0.4 is 0 Å². The topological polar surface area (TPSA) is 52.6 Å². The molecule has 6 heteroatoms. The van der Waals surface area contributed by atoms with Crippen LogP contribution in [0.15, 0.2) is 21.1 Å². The number of rotatable bonds is 16. The van der Waals surface area contributed by atoms with Crippen molar-refractivity contribution in [1.29, 1.82) is 0 Å². The summed E-state index contributed by atoms with van der Waals surface area (Å²) in [7, 11) is 0. The minimum atomic E-state index is -0.429. The minimum Gasteiger partial charge on any atom is -0.462 e. The van der Waals surface area contributed by atoms with Crippen molar-refractivity contribution >= 4 is 43.8 Å². The molecule has 4 nitrogen and oxygen atoms in total. The van der Waals surface area contributed by atoms with Crippen LogP contribution >= 0.6 is 31.9 Å². The van der Waals surface area contributed by atoms with Crippen molar-refractivity contribution in [2.75, 3.05) is 13.2 Å². The molecule has 0 aliphatic rings. The van der Waals surface area contributed by atoms with Crippen molar-refractivity contribution in [2.45, 2.75) is 90.9 Å². The smallest absolute Gasteiger partial charge is 0.339 e. The fourth-order valence-electron chi connectivity index (χ4n) is 3.11. The van der Waals surface area contributed by atoms with Gasteiger partial charge in [-0.2, -0.15) is 0 Å². The molecule has 0 aromatic heterocycles. The van der Waals surface area contributed by atoms with Gasteiger partial charge in [-0.15, -0.1) is 0 Å². The first kappa shape index (κ1) is 27.2. The zero-order valence-electron chi connectivity index (χ0n) is 18.4. The van der Waals surface area contributed by atoms with Crippen molar-refractivity contribution in [3.05, 3.63) is 32.2 Å². The summed E-state index contributed by atoms with van der Waals surface area (Å²) in [6.45, 7) is 5.17. The molecule has 0 amide bonds. The summed E-state index contributed by atoms with van der Waals surface area (Å²) in [6.07, 6.45) is 13.6. The van der Waals surface area contributed by atoms with Gasteiger partial charge in [-0.1, -0.05) is 78.1 Å². The SMILES string of the molecule is CCCCCCCCOC(=O)c1cc(Br)c(Br)c(C(=O)OCCCCCCCC)c1. The lowest BCUT2D eigenvalue weighted by atomic mass is 10.1. The van der Waals surface area contributed by atoms with Crippen LogP contribution in [0.3, 0.4) is 0 Å². The number of carbonyl (C=O) groups is 2. The summed E-state index contributed by atoms with van der Waals surface area (Å²) in [5.41, 5.74) is 0.685. The molecule has 0 spiro atoms. The molecule has 0 fully saturated rings. The van der Waals surface area contributed by atoms with Gasteiger partial charge in [0, 0.05) is 8.95 Å². The first-order valence-corrected chi connectivity index (χ1v) is 12.9. The van der Waals surface area contributed by atoms with Crippen molar-refractivity contribution in [2.24, 2.45) is 0 Å². The lowest BCUT2D eigenvalue weighted by molar-refractivity contribution is 0.0495. The maximum atomic E-state index is 12.5. The standard InChI is InChI=1S/C24H36Br2O4/c1-3-5-7-9-11-13-15-29-23(27)19-17-20(22(26)21(25)18-19)24(28)30-16-14-12-10-8-6-4-2/h17-18H,3-16H2,1-2H3. The quantitative estimate of drug-likeness (QED) is 0.154. The molecule has 0 aliphatic carbocycles. The fraction of sp³-hybridized carbons (Fsp3) is 0.667. The number of unbranched alkanes of at least 4 members (excludes halogenated alkanes) is 10. The van der Waals surface area contributed by atoms with Crippen LogP contribution in [-0.4, -0.2) is 25.2 Å². The van der Waals surface area contributed by atoms with Crippen molar-refractivity contribution in [1.82, 2.24) is 0 Å². The Morgan fingerprint density at radius 3 is 1.70 bits per heavy atom. The third kappa shape index (κ3) is 10.9. The Bertz CT molecular complexity index is 646. The zero-order chi connectivity index (χ0) is 22.2. The Morgan fingerprint density at radius 1 is 0.700 bits per heavy atom. The van der Waals surface area contributed by atoms with Crippen LogP contribution in [0.25, 0.3) is 0 Å². The number of halogens is 2. The first-order valence-electron chi connectivity index (χ1n) is 11.3. The maximum absolute atomic E-state index is 12.5. The van der Waals surface area contributed by atoms with Crippen molar-refractivity contribution in [3.63, 3.8) is 0 Å². The number of ether oxygens (including phenoxy) is 2. The van der Waals surface area contributed by atoms with Gasteiger partial charge in [0.25, 0.3) is 0 Å². The predicted octanol–water partition coefficient (Wildman–Crippen LogP) is 8.25. The molecular weight excluding hydrogens is 512 g/mol. The van der Waals surface area contributed by atoms with E-state index in [0.717, 1.165) is 25.7 Å². The van der Waals surface area contributed by atoms with Crippen molar-refractivity contribution in [3.8, 4) is 0 Å². The Kier molecular flexibility index (Phi) is 15.2. The molecule has 30 heavy (non-hydrogen) atoms. The van der Waals surface area contributed by atoms with Gasteiger partial charge < -0.3 is 9.47 Å². The summed E-state index contributed by atoms with van der Waals surface area (Å²) in [6, 6.07) is 3.21. The lowest BCUT2D eigenvalue weighted by Crippen LogP contribution is -2.11. The average Bonchev–Trinajstić information content (AvgIpc) is 2.73. The number of esters is 2. The largest absolute Gasteiger partial charge is 0.462 e. The lowest BCUT2D eigenvalue weighted by Gasteiger charge is -2.11. The third-order valence-corrected chi connectivity index (χ3v) is 6.96. The van der Waals surface area contributed by atoms with Gasteiger partial charge in [0.05, 0.1) is 24.3 Å². The highest BCUT2D eigenvalue weighted by Crippen LogP contribution is 2.29. The minimum absolute atomic E-state index is 0.335. The summed E-state index contributed by atoms with van der Waals surface area (Å²) in [5.74, 6) is -0.844. The van der Waals surface area contributed by atoms with Crippen LogP contribution in [0.4, 0.5) is 0 Å². The van der Waals surface area contributed by atoms with Gasteiger partial charge >= 0.3 is 11.9 Å². The van der Waals surface area contributed by atoms with Crippen LogP contribution in [-0.2, 0) is 9.47 Å². The molecule has 1 rings (SSSR count). The molecule has 0 heterocycles. The summed E-state index contributed by atoms with van der Waals surface area (Å²) >= 11 is 6.81. The molecule has 0 saturated heterocycles. The molecular formula is C24H36Br2O4. The molecule has 0 bridgehead atoms. The van der Waals surface area contributed by atoms with E-state index in [9.17, 15) is 9.59 Å². The molecule has 170 valence electrons. The average molecular weight is 548 g/mol. The van der Waals surface area contributed by atoms with Crippen molar-refractivity contribution < 1.29 is 19.1 Å². The molecule has 0 saturated carbocycles. The number of benzene rings is 1. The zero-order valence-corrected chi connectivity index (χ0v) is 21.6. The van der Waals surface area contributed by atoms with Gasteiger partial charge in [-0.25, -0.2) is 9.59 Å². The van der Waals surface area contributed by atoms with Crippen LogP contribution in [0.5, 0.6) is 0 Å². The van der Waals surface area contributed by atoms with E-state index in [0.29, 0.717) is 33.3 Å². The molecule has 0 N–H and O–H groups in total. The Labute approximate surface area is 198 Å². The molecule has 0 radical (unpaired) electrons. The summed E-state index contributed by atoms with van der Waals surface area (Å²) in [5, 5.41) is 0. The van der Waals surface area contributed by atoms with Gasteiger partial charge in [-0.3, -0.25) is 0 Å². The fourth-order valence-corrected chi connectivity index (χ4v) is 3.96. The van der Waals surface area contributed by atoms with E-state index < -0.39 is 11.9 Å². The van der Waals surface area contributed by atoms with E-state index in [1.165, 1.54) is 51.4 Å². The summed E-state index contributed by atoms with van der Waals surface area (Å²) < 4.78 is 12.0. The van der Waals surface area contributed by atoms with E-state index in [1.54, 1.807) is 12.1 Å². The maximum Gasteiger partial charge on any atom is 0.339 e. The van der Waals surface area contributed by atoms with Gasteiger partial charge in [0.15, 0.2) is 0 Å². The Morgan fingerprint density at radius 2 is 1.17 bits per heavy atom. The first-order chi connectivity index (χ1) is 14.5. The molecule has 0 aliphatic heterocycles. The predicted molar refractivity (Wildman–Crippen MR) is 129 cm³/mol. The number of hydrogen-bond acceptors (Lipinski definition) is 4. The highest BCUT2D eigenvalue weighted by atomic mass is 79.9. The second kappa shape index (κ2) is 16.8. The number of carbonyl (C=O) groups excluding carboxylic acids is 2. The monoisotopic (exact) mass is 546 g/mol. The van der Waals surface area contributed by atoms with E-state index in [1.807, 2.05) is 0 Å². The highest BCUT2D eigenvalue weighted by molar-refractivity contribution is 9.13. The molecule has 1 aromatic rings. The number of hydrogen-bond donors (Lipinski definition) is 0. The van der Waals surface area contributed by atoms with Crippen LogP contribution in [0.1, 0.15) is 112 Å². The molecule has 1 aromatic carbocycles. The van der Waals surface area contributed by atoms with E-state index in [-0.39, 0.29) is 0 Å². The van der Waals surface area contributed by atoms with E-state index in [2.05, 4.69) is 45.7 Å². The third-order valence-electron chi connectivity index (χ3n) is 4.95. The molecule has 0 atom stereocenters. The summed E-state index contributed by atoms with van der Waals surface area (Å²) in [4.78, 5) is 24.9. The van der Waals surface area contributed by atoms with Gasteiger partial charge in [-0.05, 0) is 56.8 Å². The Balaban J connectivity index is 2.49. The van der Waals surface area contributed by atoms with Crippen LogP contribution in [0.2, 0.25) is 0 Å². The van der Waals surface area contributed by atoms with Crippen LogP contribution in [0, 0.1) is 0 Å². The molecule has 0 unspecified atom stereocenters. The normalized spacial score (nSPS) is 10.8. The second-order valence-corrected chi connectivity index (χ2v) is 9.27. The van der Waals surface area contributed by atoms with E-state index >= 15 is 0 Å². The van der Waals surface area contributed by atoms with E-state index in [4.69, 9.17) is 9.47 Å². The second-order valence-electron chi connectivity index (χ2n) is 7.63. The highest BCUT2D eigenvalue weighted by Gasteiger charge is 2.19. The van der Waals surface area contributed by atoms with Gasteiger partial charge in [0.1, 0.15) is 0 Å². The van der Waals surface area contributed by atoms with Gasteiger partial charge in [0.2, 0.25) is 0 Å². The Hall–Kier alpha value is -0.880.